The quantitative estimate of drug-likeness (QED) is 0.939. The van der Waals surface area contributed by atoms with E-state index >= 15 is 0 Å². The summed E-state index contributed by atoms with van der Waals surface area (Å²) < 4.78 is 0. The van der Waals surface area contributed by atoms with Gasteiger partial charge >= 0.3 is 0 Å². The van der Waals surface area contributed by atoms with Gasteiger partial charge in [0, 0.05) is 18.7 Å². The second-order valence-corrected chi connectivity index (χ2v) is 5.48. The van der Waals surface area contributed by atoms with E-state index in [-0.39, 0.29) is 5.91 Å². The predicted octanol–water partition coefficient (Wildman–Crippen LogP) is 3.01. The average Bonchev–Trinajstić information content (AvgIpc) is 2.68. The third kappa shape index (κ3) is 2.98. The van der Waals surface area contributed by atoms with Gasteiger partial charge in [0.25, 0.3) is 0 Å². The van der Waals surface area contributed by atoms with Crippen molar-refractivity contribution in [1.29, 1.82) is 0 Å². The highest BCUT2D eigenvalue weighted by atomic mass is 16.2. The Labute approximate surface area is 125 Å². The molecule has 3 heteroatoms. The van der Waals surface area contributed by atoms with E-state index in [1.165, 1.54) is 5.56 Å². The second kappa shape index (κ2) is 6.10. The number of rotatable bonds is 3. The molecule has 1 amide bonds. The number of amides is 1. The Kier molecular flexibility index (Phi) is 4.02. The molecule has 3 nitrogen and oxygen atoms in total. The van der Waals surface area contributed by atoms with Crippen molar-refractivity contribution in [2.24, 2.45) is 5.73 Å². The fraction of sp³-hybridized carbons (Fsp3) is 0.278. The van der Waals surface area contributed by atoms with Crippen LogP contribution in [0.3, 0.4) is 0 Å². The Morgan fingerprint density at radius 1 is 0.952 bits per heavy atom. The monoisotopic (exact) mass is 280 g/mol. The third-order valence-corrected chi connectivity index (χ3v) is 4.02. The molecule has 0 fully saturated rings. The molecule has 0 saturated heterocycles. The Bertz CT molecular complexity index is 634. The van der Waals surface area contributed by atoms with Crippen LogP contribution in [0.2, 0.25) is 0 Å². The Balaban J connectivity index is 1.90. The van der Waals surface area contributed by atoms with Crippen molar-refractivity contribution >= 4 is 11.6 Å². The fourth-order valence-corrected chi connectivity index (χ4v) is 2.82. The molecule has 0 saturated carbocycles. The van der Waals surface area contributed by atoms with Gasteiger partial charge in [0.2, 0.25) is 5.91 Å². The number of hydrogen-bond acceptors (Lipinski definition) is 2. The lowest BCUT2D eigenvalue weighted by Gasteiger charge is -2.23. The van der Waals surface area contributed by atoms with E-state index in [1.54, 1.807) is 0 Å². The molecule has 108 valence electrons. The molecule has 0 aromatic heterocycles. The number of fused-ring (bicyclic) bond motifs is 1. The van der Waals surface area contributed by atoms with Crippen molar-refractivity contribution in [1.82, 2.24) is 0 Å². The molecule has 3 rings (SSSR count). The van der Waals surface area contributed by atoms with Crippen LogP contribution in [0.4, 0.5) is 5.69 Å². The van der Waals surface area contributed by atoms with E-state index in [9.17, 15) is 4.79 Å². The SMILES string of the molecule is NCc1ccc(CN2C(=O)CCCc3ccccc32)cc1. The predicted molar refractivity (Wildman–Crippen MR) is 84.9 cm³/mol. The number of carbonyl (C=O) groups excluding carboxylic acids is 1. The number of para-hydroxylation sites is 1. The van der Waals surface area contributed by atoms with Gasteiger partial charge in [-0.25, -0.2) is 0 Å². The molecule has 2 aromatic carbocycles. The molecule has 0 unspecified atom stereocenters. The fourth-order valence-electron chi connectivity index (χ4n) is 2.82. The van der Waals surface area contributed by atoms with Crippen molar-refractivity contribution in [3.63, 3.8) is 0 Å². The highest BCUT2D eigenvalue weighted by Crippen LogP contribution is 2.28. The molecular formula is C18H20N2O. The molecule has 0 radical (unpaired) electrons. The number of nitrogens with zero attached hydrogens (tertiary/aromatic N) is 1. The van der Waals surface area contributed by atoms with Crippen LogP contribution in [0.25, 0.3) is 0 Å². The van der Waals surface area contributed by atoms with Crippen molar-refractivity contribution in [3.8, 4) is 0 Å². The minimum atomic E-state index is 0.211. The second-order valence-electron chi connectivity index (χ2n) is 5.48. The lowest BCUT2D eigenvalue weighted by molar-refractivity contribution is -0.118. The van der Waals surface area contributed by atoms with Crippen molar-refractivity contribution in [2.75, 3.05) is 4.90 Å². The zero-order chi connectivity index (χ0) is 14.7. The van der Waals surface area contributed by atoms with Crippen molar-refractivity contribution in [2.45, 2.75) is 32.4 Å². The number of anilines is 1. The summed E-state index contributed by atoms with van der Waals surface area (Å²) >= 11 is 0. The highest BCUT2D eigenvalue weighted by molar-refractivity contribution is 5.94. The maximum atomic E-state index is 12.4. The molecule has 21 heavy (non-hydrogen) atoms. The third-order valence-electron chi connectivity index (χ3n) is 4.02. The first-order valence-electron chi connectivity index (χ1n) is 7.44. The highest BCUT2D eigenvalue weighted by Gasteiger charge is 2.21. The summed E-state index contributed by atoms with van der Waals surface area (Å²) in [5.74, 6) is 0.211. The normalized spacial score (nSPS) is 14.7. The molecule has 0 atom stereocenters. The van der Waals surface area contributed by atoms with Gasteiger partial charge < -0.3 is 10.6 Å². The van der Waals surface area contributed by atoms with Crippen LogP contribution in [0, 0.1) is 0 Å². The Hall–Kier alpha value is -2.13. The first kappa shape index (κ1) is 13.8. The van der Waals surface area contributed by atoms with Crippen molar-refractivity contribution in [3.05, 3.63) is 65.2 Å². The smallest absolute Gasteiger partial charge is 0.227 e. The zero-order valence-electron chi connectivity index (χ0n) is 12.1. The van der Waals surface area contributed by atoms with Gasteiger partial charge in [-0.15, -0.1) is 0 Å². The van der Waals surface area contributed by atoms with Gasteiger partial charge in [0.1, 0.15) is 0 Å². The molecule has 1 aliphatic rings. The number of benzene rings is 2. The van der Waals surface area contributed by atoms with Gasteiger partial charge in [-0.3, -0.25) is 4.79 Å². The molecule has 0 aliphatic carbocycles. The molecule has 2 N–H and O–H groups in total. The van der Waals surface area contributed by atoms with E-state index in [0.29, 0.717) is 19.5 Å². The Morgan fingerprint density at radius 3 is 2.43 bits per heavy atom. The van der Waals surface area contributed by atoms with Crippen LogP contribution < -0.4 is 10.6 Å². The molecule has 2 aromatic rings. The van der Waals surface area contributed by atoms with Gasteiger partial charge in [0.15, 0.2) is 0 Å². The maximum Gasteiger partial charge on any atom is 0.227 e. The van der Waals surface area contributed by atoms with Crippen LogP contribution in [-0.4, -0.2) is 5.91 Å². The van der Waals surface area contributed by atoms with Gasteiger partial charge in [-0.1, -0.05) is 42.5 Å². The van der Waals surface area contributed by atoms with Crippen LogP contribution >= 0.6 is 0 Å². The van der Waals surface area contributed by atoms with Crippen LogP contribution in [0.5, 0.6) is 0 Å². The molecular weight excluding hydrogens is 260 g/mol. The molecule has 1 heterocycles. The zero-order valence-corrected chi connectivity index (χ0v) is 12.1. The summed E-state index contributed by atoms with van der Waals surface area (Å²) in [5, 5.41) is 0. The van der Waals surface area contributed by atoms with Crippen LogP contribution in [0.1, 0.15) is 29.5 Å². The van der Waals surface area contributed by atoms with E-state index in [1.807, 2.05) is 35.2 Å². The summed E-state index contributed by atoms with van der Waals surface area (Å²) in [4.78, 5) is 14.3. The van der Waals surface area contributed by atoms with Gasteiger partial charge in [-0.05, 0) is 35.6 Å². The summed E-state index contributed by atoms with van der Waals surface area (Å²) in [6.07, 6.45) is 2.53. The Morgan fingerprint density at radius 2 is 1.67 bits per heavy atom. The lowest BCUT2D eigenvalue weighted by atomic mass is 10.1. The number of hydrogen-bond donors (Lipinski definition) is 1. The van der Waals surface area contributed by atoms with E-state index in [4.69, 9.17) is 5.73 Å². The first-order chi connectivity index (χ1) is 10.3. The van der Waals surface area contributed by atoms with Crippen molar-refractivity contribution < 1.29 is 4.79 Å². The largest absolute Gasteiger partial charge is 0.326 e. The number of aryl methyl sites for hydroxylation is 1. The van der Waals surface area contributed by atoms with E-state index in [2.05, 4.69) is 18.2 Å². The van der Waals surface area contributed by atoms with E-state index < -0.39 is 0 Å². The lowest BCUT2D eigenvalue weighted by Crippen LogP contribution is -2.29. The topological polar surface area (TPSA) is 46.3 Å². The molecule has 1 aliphatic heterocycles. The van der Waals surface area contributed by atoms with Gasteiger partial charge in [-0.2, -0.15) is 0 Å². The molecule has 0 spiro atoms. The minimum absolute atomic E-state index is 0.211. The number of carbonyl (C=O) groups is 1. The standard InChI is InChI=1S/C18H20N2O/c19-12-14-8-10-15(11-9-14)13-20-17-6-2-1-4-16(17)5-3-7-18(20)21/h1-2,4,6,8-11H,3,5,7,12-13,19H2. The van der Waals surface area contributed by atoms with E-state index in [0.717, 1.165) is 29.7 Å². The van der Waals surface area contributed by atoms with Gasteiger partial charge in [0.05, 0.1) is 6.54 Å². The maximum absolute atomic E-state index is 12.4. The minimum Gasteiger partial charge on any atom is -0.326 e. The van der Waals surface area contributed by atoms with Crippen LogP contribution in [0.15, 0.2) is 48.5 Å². The molecule has 0 bridgehead atoms. The average molecular weight is 280 g/mol. The summed E-state index contributed by atoms with van der Waals surface area (Å²) in [7, 11) is 0. The summed E-state index contributed by atoms with van der Waals surface area (Å²) in [5.41, 5.74) is 10.2. The van der Waals surface area contributed by atoms with Crippen LogP contribution in [-0.2, 0) is 24.3 Å². The number of nitrogens with two attached hydrogens (primary N) is 1. The summed E-state index contributed by atoms with van der Waals surface area (Å²) in [6.45, 7) is 1.17. The summed E-state index contributed by atoms with van der Waals surface area (Å²) in [6, 6.07) is 16.4. The first-order valence-corrected chi connectivity index (χ1v) is 7.44.